The lowest BCUT2D eigenvalue weighted by atomic mass is 10.2. The molecule has 0 spiro atoms. The number of ether oxygens (including phenoxy) is 1. The lowest BCUT2D eigenvalue weighted by Crippen LogP contribution is -2.36. The number of aliphatic hydroxyl groups is 1. The zero-order valence-electron chi connectivity index (χ0n) is 8.64. The van der Waals surface area contributed by atoms with Crippen LogP contribution < -0.4 is 5.32 Å². The van der Waals surface area contributed by atoms with E-state index in [1.54, 1.807) is 0 Å². The molecule has 1 aromatic rings. The van der Waals surface area contributed by atoms with Crippen molar-refractivity contribution in [1.29, 1.82) is 0 Å². The van der Waals surface area contributed by atoms with Gasteiger partial charge in [0.15, 0.2) is 6.10 Å². The van der Waals surface area contributed by atoms with Crippen molar-refractivity contribution >= 4 is 5.91 Å². The molecule has 0 saturated heterocycles. The largest absolute Gasteiger partial charge is 0.393 e. The fourth-order valence-electron chi connectivity index (χ4n) is 1.14. The average molecular weight is 209 g/mol. The molecule has 4 heteroatoms. The number of aliphatic hydroxyl groups excluding tert-OH is 1. The van der Waals surface area contributed by atoms with Crippen LogP contribution in [0.5, 0.6) is 0 Å². The number of carbonyl (C=O) groups is 1. The Morgan fingerprint density at radius 2 is 2.13 bits per heavy atom. The number of benzene rings is 1. The van der Waals surface area contributed by atoms with Crippen LogP contribution in [0.2, 0.25) is 0 Å². The third kappa shape index (κ3) is 3.69. The van der Waals surface area contributed by atoms with E-state index in [1.807, 2.05) is 30.3 Å². The second kappa shape index (κ2) is 6.16. The molecule has 15 heavy (non-hydrogen) atoms. The van der Waals surface area contributed by atoms with Crippen LogP contribution in [0, 0.1) is 0 Å². The summed E-state index contributed by atoms with van der Waals surface area (Å²) in [5.41, 5.74) is 0.972. The molecule has 82 valence electrons. The summed E-state index contributed by atoms with van der Waals surface area (Å²) in [5.74, 6) is -0.312. The second-order valence-corrected chi connectivity index (χ2v) is 3.08. The Balaban J connectivity index is 2.44. The van der Waals surface area contributed by atoms with Gasteiger partial charge in [-0.3, -0.25) is 4.79 Å². The van der Waals surface area contributed by atoms with Crippen molar-refractivity contribution in [2.24, 2.45) is 0 Å². The van der Waals surface area contributed by atoms with E-state index in [1.165, 1.54) is 7.05 Å². The van der Waals surface area contributed by atoms with Gasteiger partial charge in [0.05, 0.1) is 13.2 Å². The summed E-state index contributed by atoms with van der Waals surface area (Å²) in [6, 6.07) is 9.50. The van der Waals surface area contributed by atoms with Crippen molar-refractivity contribution in [2.75, 3.05) is 13.7 Å². The van der Waals surface area contributed by atoms with Gasteiger partial charge < -0.3 is 15.2 Å². The van der Waals surface area contributed by atoms with Gasteiger partial charge in [0, 0.05) is 7.05 Å². The summed E-state index contributed by atoms with van der Waals surface area (Å²) in [6.45, 7) is 0.00595. The van der Waals surface area contributed by atoms with E-state index >= 15 is 0 Å². The maximum atomic E-state index is 11.2. The van der Waals surface area contributed by atoms with Crippen molar-refractivity contribution < 1.29 is 14.6 Å². The van der Waals surface area contributed by atoms with Crippen molar-refractivity contribution in [2.45, 2.75) is 12.7 Å². The van der Waals surface area contributed by atoms with Crippen molar-refractivity contribution in [3.63, 3.8) is 0 Å². The van der Waals surface area contributed by atoms with Crippen LogP contribution in [0.1, 0.15) is 5.56 Å². The molecule has 0 aliphatic rings. The van der Waals surface area contributed by atoms with Crippen molar-refractivity contribution in [3.05, 3.63) is 35.9 Å². The molecule has 0 aromatic heterocycles. The Labute approximate surface area is 88.9 Å². The first-order valence-electron chi connectivity index (χ1n) is 4.76. The molecule has 1 amide bonds. The van der Waals surface area contributed by atoms with Crippen LogP contribution in [0.3, 0.4) is 0 Å². The fourth-order valence-corrected chi connectivity index (χ4v) is 1.14. The van der Waals surface area contributed by atoms with Crippen LogP contribution in [0.4, 0.5) is 0 Å². The van der Waals surface area contributed by atoms with Gasteiger partial charge in [-0.1, -0.05) is 30.3 Å². The molecule has 4 nitrogen and oxygen atoms in total. The molecule has 1 atom stereocenters. The molecule has 1 aromatic carbocycles. The number of hydrogen-bond donors (Lipinski definition) is 2. The minimum absolute atomic E-state index is 0.312. The smallest absolute Gasteiger partial charge is 0.251 e. The first kappa shape index (κ1) is 11.7. The zero-order chi connectivity index (χ0) is 11.1. The summed E-state index contributed by atoms with van der Waals surface area (Å²) < 4.78 is 5.27. The van der Waals surface area contributed by atoms with Crippen LogP contribution in [0.25, 0.3) is 0 Å². The quantitative estimate of drug-likeness (QED) is 0.733. The first-order chi connectivity index (χ1) is 7.27. The molecule has 0 saturated carbocycles. The molecule has 0 heterocycles. The molecule has 1 unspecified atom stereocenters. The molecule has 0 fully saturated rings. The predicted molar refractivity (Wildman–Crippen MR) is 56.2 cm³/mol. The van der Waals surface area contributed by atoms with E-state index in [2.05, 4.69) is 5.32 Å². The highest BCUT2D eigenvalue weighted by atomic mass is 16.5. The third-order valence-electron chi connectivity index (χ3n) is 2.00. The van der Waals surface area contributed by atoms with Gasteiger partial charge in [-0.15, -0.1) is 0 Å². The zero-order valence-corrected chi connectivity index (χ0v) is 8.64. The molecule has 0 radical (unpaired) electrons. The van der Waals surface area contributed by atoms with E-state index in [9.17, 15) is 4.79 Å². The van der Waals surface area contributed by atoms with Crippen LogP contribution in [-0.2, 0) is 16.1 Å². The topological polar surface area (TPSA) is 58.6 Å². The molecule has 0 bridgehead atoms. The van der Waals surface area contributed by atoms with E-state index in [0.717, 1.165) is 5.56 Å². The Kier molecular flexibility index (Phi) is 4.80. The summed E-state index contributed by atoms with van der Waals surface area (Å²) >= 11 is 0. The SMILES string of the molecule is CNC(=O)C(CO)OCc1ccccc1. The first-order valence-corrected chi connectivity index (χ1v) is 4.76. The lowest BCUT2D eigenvalue weighted by molar-refractivity contribution is -0.135. The van der Waals surface area contributed by atoms with Gasteiger partial charge >= 0.3 is 0 Å². The highest BCUT2D eigenvalue weighted by molar-refractivity contribution is 5.80. The van der Waals surface area contributed by atoms with Crippen LogP contribution >= 0.6 is 0 Å². The standard InChI is InChI=1S/C11H15NO3/c1-12-11(14)10(7-13)15-8-9-5-3-2-4-6-9/h2-6,10,13H,7-8H2,1H3,(H,12,14). The van der Waals surface area contributed by atoms with Gasteiger partial charge in [-0.25, -0.2) is 0 Å². The Bertz CT molecular complexity index is 300. The highest BCUT2D eigenvalue weighted by Crippen LogP contribution is 2.03. The maximum Gasteiger partial charge on any atom is 0.251 e. The highest BCUT2D eigenvalue weighted by Gasteiger charge is 2.15. The molecular formula is C11H15NO3. The number of likely N-dealkylation sites (N-methyl/N-ethyl adjacent to an activating group) is 1. The van der Waals surface area contributed by atoms with Crippen LogP contribution in [0.15, 0.2) is 30.3 Å². The summed E-state index contributed by atoms with van der Waals surface area (Å²) in [4.78, 5) is 11.2. The number of amides is 1. The third-order valence-corrected chi connectivity index (χ3v) is 2.00. The monoisotopic (exact) mass is 209 g/mol. The molecular weight excluding hydrogens is 194 g/mol. The van der Waals surface area contributed by atoms with Gasteiger partial charge in [0.25, 0.3) is 5.91 Å². The fraction of sp³-hybridized carbons (Fsp3) is 0.364. The average Bonchev–Trinajstić information content (AvgIpc) is 2.31. The predicted octanol–water partition coefficient (Wildman–Crippen LogP) is 0.310. The Morgan fingerprint density at radius 3 is 2.67 bits per heavy atom. The molecule has 0 aliphatic carbocycles. The lowest BCUT2D eigenvalue weighted by Gasteiger charge is -2.13. The van der Waals surface area contributed by atoms with E-state index in [-0.39, 0.29) is 12.5 Å². The minimum atomic E-state index is -0.796. The summed E-state index contributed by atoms with van der Waals surface area (Å²) in [7, 11) is 1.51. The normalized spacial score (nSPS) is 12.1. The summed E-state index contributed by atoms with van der Waals surface area (Å²) in [6.07, 6.45) is -0.796. The number of nitrogens with one attached hydrogen (secondary N) is 1. The molecule has 1 rings (SSSR count). The van der Waals surface area contributed by atoms with Crippen LogP contribution in [-0.4, -0.2) is 30.8 Å². The van der Waals surface area contributed by atoms with Gasteiger partial charge in [-0.05, 0) is 5.56 Å². The van der Waals surface area contributed by atoms with Gasteiger partial charge in [0.1, 0.15) is 0 Å². The maximum absolute atomic E-state index is 11.2. The second-order valence-electron chi connectivity index (χ2n) is 3.08. The van der Waals surface area contributed by atoms with Crippen molar-refractivity contribution in [3.8, 4) is 0 Å². The van der Waals surface area contributed by atoms with Gasteiger partial charge in [-0.2, -0.15) is 0 Å². The number of rotatable bonds is 5. The minimum Gasteiger partial charge on any atom is -0.393 e. The van der Waals surface area contributed by atoms with Crippen molar-refractivity contribution in [1.82, 2.24) is 5.32 Å². The van der Waals surface area contributed by atoms with Gasteiger partial charge in [0.2, 0.25) is 0 Å². The summed E-state index contributed by atoms with van der Waals surface area (Å²) in [5, 5.41) is 11.3. The Hall–Kier alpha value is -1.39. The molecule has 2 N–H and O–H groups in total. The van der Waals surface area contributed by atoms with E-state index in [4.69, 9.17) is 9.84 Å². The Morgan fingerprint density at radius 1 is 1.47 bits per heavy atom. The van der Waals surface area contributed by atoms with E-state index < -0.39 is 6.10 Å². The van der Waals surface area contributed by atoms with E-state index in [0.29, 0.717) is 6.61 Å². The number of carbonyl (C=O) groups excluding carboxylic acids is 1. The number of hydrogen-bond acceptors (Lipinski definition) is 3. The molecule has 0 aliphatic heterocycles.